The van der Waals surface area contributed by atoms with Crippen LogP contribution in [0.25, 0.3) is 0 Å². The van der Waals surface area contributed by atoms with Crippen molar-refractivity contribution in [3.05, 3.63) is 29.8 Å². The highest BCUT2D eigenvalue weighted by atomic mass is 35.5. The normalized spacial score (nSPS) is 18.6. The van der Waals surface area contributed by atoms with E-state index < -0.39 is 0 Å². The number of carbonyl (C=O) groups is 1. The Morgan fingerprint density at radius 3 is 2.75 bits per heavy atom. The minimum absolute atomic E-state index is 0. The molecule has 1 aromatic rings. The fourth-order valence-electron chi connectivity index (χ4n) is 2.25. The van der Waals surface area contributed by atoms with Gasteiger partial charge in [0.1, 0.15) is 0 Å². The quantitative estimate of drug-likeness (QED) is 0.798. The minimum Gasteiger partial charge on any atom is -0.315 e. The molecule has 0 spiro atoms. The standard InChI is InChI=1S/C12H14N2O.ClH/c15-12(10-7-13-8-10)14-6-5-9-3-1-2-4-11(9)14;/h1-4,10,13H,5-8H2;1H. The number of para-hydroxylation sites is 1. The second-order valence-electron chi connectivity index (χ2n) is 4.22. The van der Waals surface area contributed by atoms with Gasteiger partial charge < -0.3 is 10.2 Å². The summed E-state index contributed by atoms with van der Waals surface area (Å²) in [4.78, 5) is 14.0. The summed E-state index contributed by atoms with van der Waals surface area (Å²) < 4.78 is 0. The molecule has 0 saturated carbocycles. The van der Waals surface area contributed by atoms with Gasteiger partial charge in [-0.3, -0.25) is 4.79 Å². The molecule has 2 aliphatic rings. The molecule has 0 atom stereocenters. The number of fused-ring (bicyclic) bond motifs is 1. The topological polar surface area (TPSA) is 32.3 Å². The van der Waals surface area contributed by atoms with Gasteiger partial charge in [0.25, 0.3) is 0 Å². The Labute approximate surface area is 101 Å². The Kier molecular flexibility index (Phi) is 3.17. The zero-order chi connectivity index (χ0) is 10.3. The lowest BCUT2D eigenvalue weighted by Crippen LogP contribution is -2.51. The van der Waals surface area contributed by atoms with Crippen molar-refractivity contribution in [2.24, 2.45) is 5.92 Å². The summed E-state index contributed by atoms with van der Waals surface area (Å²) in [6.07, 6.45) is 1.00. The van der Waals surface area contributed by atoms with E-state index >= 15 is 0 Å². The average molecular weight is 239 g/mol. The van der Waals surface area contributed by atoms with Crippen molar-refractivity contribution in [3.8, 4) is 0 Å². The maximum absolute atomic E-state index is 12.1. The summed E-state index contributed by atoms with van der Waals surface area (Å²) in [7, 11) is 0. The molecule has 0 bridgehead atoms. The van der Waals surface area contributed by atoms with Crippen LogP contribution < -0.4 is 10.2 Å². The number of hydrogen-bond acceptors (Lipinski definition) is 2. The first-order valence-corrected chi connectivity index (χ1v) is 5.46. The summed E-state index contributed by atoms with van der Waals surface area (Å²) in [5.74, 6) is 0.495. The maximum Gasteiger partial charge on any atom is 0.232 e. The van der Waals surface area contributed by atoms with Gasteiger partial charge in [0.2, 0.25) is 5.91 Å². The van der Waals surface area contributed by atoms with E-state index in [4.69, 9.17) is 0 Å². The first kappa shape index (κ1) is 11.4. The van der Waals surface area contributed by atoms with E-state index in [-0.39, 0.29) is 18.3 Å². The van der Waals surface area contributed by atoms with Gasteiger partial charge in [-0.25, -0.2) is 0 Å². The van der Waals surface area contributed by atoms with Gasteiger partial charge >= 0.3 is 0 Å². The largest absolute Gasteiger partial charge is 0.315 e. The zero-order valence-electron chi connectivity index (χ0n) is 8.98. The third-order valence-electron chi connectivity index (χ3n) is 3.28. The van der Waals surface area contributed by atoms with Crippen molar-refractivity contribution in [1.29, 1.82) is 0 Å². The first-order chi connectivity index (χ1) is 7.36. The van der Waals surface area contributed by atoms with Crippen molar-refractivity contribution >= 4 is 24.0 Å². The molecule has 0 aliphatic carbocycles. The highest BCUT2D eigenvalue weighted by Gasteiger charge is 2.32. The lowest BCUT2D eigenvalue weighted by molar-refractivity contribution is -0.123. The van der Waals surface area contributed by atoms with Crippen molar-refractivity contribution in [3.63, 3.8) is 0 Å². The van der Waals surface area contributed by atoms with Crippen LogP contribution in [0.1, 0.15) is 5.56 Å². The van der Waals surface area contributed by atoms with E-state index in [0.29, 0.717) is 5.91 Å². The number of amides is 1. The minimum atomic E-state index is 0. The molecule has 3 rings (SSSR count). The SMILES string of the molecule is Cl.O=C(C1CNC1)N1CCc2ccccc21. The number of nitrogens with one attached hydrogen (secondary N) is 1. The summed E-state index contributed by atoms with van der Waals surface area (Å²) in [5, 5.41) is 3.14. The number of anilines is 1. The van der Waals surface area contributed by atoms with E-state index in [1.165, 1.54) is 5.56 Å². The van der Waals surface area contributed by atoms with E-state index in [1.807, 2.05) is 23.1 Å². The van der Waals surface area contributed by atoms with Gasteiger partial charge in [-0.2, -0.15) is 0 Å². The molecule has 1 saturated heterocycles. The second-order valence-corrected chi connectivity index (χ2v) is 4.22. The summed E-state index contributed by atoms with van der Waals surface area (Å²) in [5.41, 5.74) is 2.42. The molecule has 4 heteroatoms. The fourth-order valence-corrected chi connectivity index (χ4v) is 2.25. The lowest BCUT2D eigenvalue weighted by atomic mass is 10.0. The summed E-state index contributed by atoms with van der Waals surface area (Å²) in [6, 6.07) is 8.20. The highest BCUT2D eigenvalue weighted by Crippen LogP contribution is 2.29. The number of halogens is 1. The molecule has 1 aromatic carbocycles. The first-order valence-electron chi connectivity index (χ1n) is 5.46. The molecule has 1 amide bonds. The third kappa shape index (κ3) is 1.70. The predicted molar refractivity (Wildman–Crippen MR) is 66.1 cm³/mol. The number of rotatable bonds is 1. The molecule has 1 N–H and O–H groups in total. The van der Waals surface area contributed by atoms with Crippen LogP contribution in [0.15, 0.2) is 24.3 Å². The Morgan fingerprint density at radius 1 is 1.31 bits per heavy atom. The van der Waals surface area contributed by atoms with Crippen molar-refractivity contribution < 1.29 is 4.79 Å². The summed E-state index contributed by atoms with van der Waals surface area (Å²) in [6.45, 7) is 2.55. The van der Waals surface area contributed by atoms with E-state index in [9.17, 15) is 4.79 Å². The van der Waals surface area contributed by atoms with Crippen LogP contribution in [0.5, 0.6) is 0 Å². The number of carbonyl (C=O) groups excluding carboxylic acids is 1. The Bertz CT molecular complexity index is 404. The van der Waals surface area contributed by atoms with Crippen LogP contribution in [0.3, 0.4) is 0 Å². The smallest absolute Gasteiger partial charge is 0.232 e. The number of hydrogen-bond donors (Lipinski definition) is 1. The van der Waals surface area contributed by atoms with Crippen LogP contribution >= 0.6 is 12.4 Å². The van der Waals surface area contributed by atoms with Gasteiger partial charge in [-0.1, -0.05) is 18.2 Å². The number of nitrogens with zero attached hydrogens (tertiary/aromatic N) is 1. The molecular formula is C12H15ClN2O. The van der Waals surface area contributed by atoms with E-state index in [2.05, 4.69) is 11.4 Å². The average Bonchev–Trinajstić information content (AvgIpc) is 2.58. The molecule has 1 fully saturated rings. The molecule has 2 aliphatic heterocycles. The molecule has 86 valence electrons. The molecule has 0 aromatic heterocycles. The van der Waals surface area contributed by atoms with Crippen molar-refractivity contribution in [2.75, 3.05) is 24.5 Å². The number of benzene rings is 1. The van der Waals surface area contributed by atoms with Gasteiger partial charge in [0.05, 0.1) is 5.92 Å². The van der Waals surface area contributed by atoms with Crippen LogP contribution in [0, 0.1) is 5.92 Å². The Hall–Kier alpha value is -1.06. The van der Waals surface area contributed by atoms with Gasteiger partial charge in [0.15, 0.2) is 0 Å². The molecule has 2 heterocycles. The van der Waals surface area contributed by atoms with E-state index in [1.54, 1.807) is 0 Å². The third-order valence-corrected chi connectivity index (χ3v) is 3.28. The molecular weight excluding hydrogens is 224 g/mol. The van der Waals surface area contributed by atoms with Gasteiger partial charge in [-0.05, 0) is 18.1 Å². The van der Waals surface area contributed by atoms with Crippen molar-refractivity contribution in [1.82, 2.24) is 5.32 Å². The van der Waals surface area contributed by atoms with Gasteiger partial charge in [-0.15, -0.1) is 12.4 Å². The zero-order valence-corrected chi connectivity index (χ0v) is 9.80. The van der Waals surface area contributed by atoms with Crippen LogP contribution in [0.2, 0.25) is 0 Å². The fraction of sp³-hybridized carbons (Fsp3) is 0.417. The molecule has 0 radical (unpaired) electrons. The second kappa shape index (κ2) is 4.44. The molecule has 3 nitrogen and oxygen atoms in total. The van der Waals surface area contributed by atoms with Crippen molar-refractivity contribution in [2.45, 2.75) is 6.42 Å². The van der Waals surface area contributed by atoms with Crippen LogP contribution in [-0.4, -0.2) is 25.5 Å². The summed E-state index contributed by atoms with van der Waals surface area (Å²) >= 11 is 0. The monoisotopic (exact) mass is 238 g/mol. The molecule has 0 unspecified atom stereocenters. The molecule has 16 heavy (non-hydrogen) atoms. The van der Waals surface area contributed by atoms with Crippen LogP contribution in [-0.2, 0) is 11.2 Å². The lowest BCUT2D eigenvalue weighted by Gasteiger charge is -2.30. The van der Waals surface area contributed by atoms with Gasteiger partial charge in [0, 0.05) is 25.3 Å². The maximum atomic E-state index is 12.1. The Morgan fingerprint density at radius 2 is 2.06 bits per heavy atom. The van der Waals surface area contributed by atoms with Crippen LogP contribution in [0.4, 0.5) is 5.69 Å². The van der Waals surface area contributed by atoms with E-state index in [0.717, 1.165) is 31.7 Å². The Balaban J connectivity index is 0.000000963. The predicted octanol–water partition coefficient (Wildman–Crippen LogP) is 1.22. The highest BCUT2D eigenvalue weighted by molar-refractivity contribution is 5.97.